The Balaban J connectivity index is 1.48. The van der Waals surface area contributed by atoms with Crippen molar-refractivity contribution in [3.05, 3.63) is 45.7 Å². The third kappa shape index (κ3) is 5.00. The zero-order valence-electron chi connectivity index (χ0n) is 14.6. The van der Waals surface area contributed by atoms with Gasteiger partial charge in [-0.15, -0.1) is 11.3 Å². The van der Waals surface area contributed by atoms with Crippen LogP contribution < -0.4 is 10.1 Å². The number of amides is 1. The van der Waals surface area contributed by atoms with Gasteiger partial charge in [0, 0.05) is 26.2 Å². The third-order valence-corrected chi connectivity index (χ3v) is 5.31. The molecule has 1 aromatic carbocycles. The number of rotatable bonds is 7. The molecule has 1 aliphatic heterocycles. The number of aryl methyl sites for hydroxylation is 1. The number of hydrogen-bond donors (Lipinski definition) is 2. The molecule has 1 aliphatic rings. The summed E-state index contributed by atoms with van der Waals surface area (Å²) < 4.78 is 18.5. The Hall–Kier alpha value is -2.03. The van der Waals surface area contributed by atoms with Gasteiger partial charge in [-0.25, -0.2) is 9.37 Å². The van der Waals surface area contributed by atoms with E-state index in [1.807, 2.05) is 0 Å². The number of carbonyl (C=O) groups excluding carboxylic acids is 1. The molecule has 2 N–H and O–H groups in total. The second kappa shape index (κ2) is 8.57. The summed E-state index contributed by atoms with van der Waals surface area (Å²) in [6.07, 6.45) is 0.539. The first-order valence-electron chi connectivity index (χ1n) is 8.54. The highest BCUT2D eigenvalue weighted by Gasteiger charge is 2.20. The summed E-state index contributed by atoms with van der Waals surface area (Å²) in [4.78, 5) is 19.4. The van der Waals surface area contributed by atoms with Crippen LogP contribution in [0.1, 0.15) is 26.8 Å². The maximum Gasteiger partial charge on any atom is 0.263 e. The number of halogens is 1. The number of aliphatic hydroxyl groups excluding tert-OH is 1. The van der Waals surface area contributed by atoms with Crippen LogP contribution in [-0.2, 0) is 6.61 Å². The molecule has 0 aliphatic carbocycles. The molecule has 0 radical (unpaired) electrons. The van der Waals surface area contributed by atoms with Crippen LogP contribution in [0.4, 0.5) is 4.39 Å². The average molecular weight is 379 g/mol. The monoisotopic (exact) mass is 379 g/mol. The molecule has 1 amide bonds. The summed E-state index contributed by atoms with van der Waals surface area (Å²) in [7, 11) is 0. The molecular weight excluding hydrogens is 357 g/mol. The van der Waals surface area contributed by atoms with E-state index in [1.54, 1.807) is 19.1 Å². The normalized spacial score (nSPS) is 17.4. The summed E-state index contributed by atoms with van der Waals surface area (Å²) in [6, 6.07) is 5.78. The van der Waals surface area contributed by atoms with E-state index >= 15 is 0 Å². The van der Waals surface area contributed by atoms with Crippen molar-refractivity contribution in [3.63, 3.8) is 0 Å². The molecule has 2 heterocycles. The van der Waals surface area contributed by atoms with E-state index in [0.29, 0.717) is 34.4 Å². The van der Waals surface area contributed by atoms with Gasteiger partial charge in [0.05, 0.1) is 11.8 Å². The van der Waals surface area contributed by atoms with Gasteiger partial charge in [0.2, 0.25) is 0 Å². The molecule has 26 heavy (non-hydrogen) atoms. The zero-order chi connectivity index (χ0) is 18.5. The highest BCUT2D eigenvalue weighted by Crippen LogP contribution is 2.20. The Morgan fingerprint density at radius 1 is 1.46 bits per heavy atom. The quantitative estimate of drug-likeness (QED) is 0.769. The Morgan fingerprint density at radius 2 is 2.23 bits per heavy atom. The second-order valence-corrected chi connectivity index (χ2v) is 7.35. The molecular formula is C18H22FN3O3S. The minimum absolute atomic E-state index is 0.146. The Morgan fingerprint density at radius 3 is 2.92 bits per heavy atom. The molecule has 0 bridgehead atoms. The lowest BCUT2D eigenvalue weighted by Crippen LogP contribution is -2.34. The lowest BCUT2D eigenvalue weighted by molar-refractivity contribution is 0.0952. The molecule has 1 saturated heterocycles. The van der Waals surface area contributed by atoms with Crippen molar-refractivity contribution in [1.82, 2.24) is 15.2 Å². The Bertz CT molecular complexity index is 751. The van der Waals surface area contributed by atoms with Crippen molar-refractivity contribution < 1.29 is 19.0 Å². The van der Waals surface area contributed by atoms with E-state index in [1.165, 1.54) is 23.5 Å². The van der Waals surface area contributed by atoms with Gasteiger partial charge < -0.3 is 15.2 Å². The van der Waals surface area contributed by atoms with Crippen LogP contribution in [0, 0.1) is 12.7 Å². The molecule has 140 valence electrons. The smallest absolute Gasteiger partial charge is 0.263 e. The minimum Gasteiger partial charge on any atom is -0.486 e. The number of thiazole rings is 1. The van der Waals surface area contributed by atoms with Crippen LogP contribution in [0.15, 0.2) is 24.3 Å². The van der Waals surface area contributed by atoms with Crippen molar-refractivity contribution >= 4 is 17.2 Å². The summed E-state index contributed by atoms with van der Waals surface area (Å²) in [5.74, 6) is 0.0932. The van der Waals surface area contributed by atoms with E-state index in [-0.39, 0.29) is 24.4 Å². The van der Waals surface area contributed by atoms with Gasteiger partial charge in [-0.05, 0) is 37.6 Å². The predicted molar refractivity (Wildman–Crippen MR) is 97.0 cm³/mol. The standard InChI is InChI=1S/C18H22FN3O3S/c1-12-17(18(24)20-7-9-22-8-6-14(23)10-22)26-16(21-12)11-25-15-4-2-13(19)3-5-15/h2-5,14,23H,6-11H2,1H3,(H,20,24)/t14-/m1/s1. The lowest BCUT2D eigenvalue weighted by Gasteiger charge is -2.14. The summed E-state index contributed by atoms with van der Waals surface area (Å²) in [5, 5.41) is 13.1. The van der Waals surface area contributed by atoms with Crippen molar-refractivity contribution in [2.24, 2.45) is 0 Å². The van der Waals surface area contributed by atoms with Gasteiger partial charge in [0.15, 0.2) is 0 Å². The lowest BCUT2D eigenvalue weighted by atomic mass is 10.3. The molecule has 3 rings (SSSR count). The number of β-amino-alcohol motifs (C(OH)–C–C–N with tert-alkyl or cyclic N) is 1. The van der Waals surface area contributed by atoms with Gasteiger partial charge >= 0.3 is 0 Å². The van der Waals surface area contributed by atoms with Gasteiger partial charge in [-0.2, -0.15) is 0 Å². The highest BCUT2D eigenvalue weighted by molar-refractivity contribution is 7.13. The van der Waals surface area contributed by atoms with E-state index in [9.17, 15) is 14.3 Å². The number of nitrogens with one attached hydrogen (secondary N) is 1. The SMILES string of the molecule is Cc1nc(COc2ccc(F)cc2)sc1C(=O)NCCN1CC[C@@H](O)C1. The number of benzene rings is 1. The topological polar surface area (TPSA) is 74.7 Å². The summed E-state index contributed by atoms with van der Waals surface area (Å²) in [6.45, 7) is 4.81. The first kappa shape index (κ1) is 18.8. The fourth-order valence-electron chi connectivity index (χ4n) is 2.82. The number of hydrogen-bond acceptors (Lipinski definition) is 6. The van der Waals surface area contributed by atoms with Crippen molar-refractivity contribution in [2.45, 2.75) is 26.1 Å². The molecule has 0 unspecified atom stereocenters. The number of carbonyl (C=O) groups is 1. The summed E-state index contributed by atoms with van der Waals surface area (Å²) >= 11 is 1.30. The molecule has 1 aromatic heterocycles. The molecule has 1 fully saturated rings. The zero-order valence-corrected chi connectivity index (χ0v) is 15.4. The van der Waals surface area contributed by atoms with Crippen LogP contribution >= 0.6 is 11.3 Å². The van der Waals surface area contributed by atoms with Crippen molar-refractivity contribution in [3.8, 4) is 5.75 Å². The summed E-state index contributed by atoms with van der Waals surface area (Å²) in [5.41, 5.74) is 0.668. The number of aromatic nitrogens is 1. The van der Waals surface area contributed by atoms with E-state index in [2.05, 4.69) is 15.2 Å². The number of nitrogens with zero attached hydrogens (tertiary/aromatic N) is 2. The average Bonchev–Trinajstić information content (AvgIpc) is 3.20. The molecule has 8 heteroatoms. The Kier molecular flexibility index (Phi) is 6.18. The second-order valence-electron chi connectivity index (χ2n) is 6.26. The van der Waals surface area contributed by atoms with Crippen molar-refractivity contribution in [2.75, 3.05) is 26.2 Å². The van der Waals surface area contributed by atoms with Gasteiger partial charge in [0.25, 0.3) is 5.91 Å². The van der Waals surface area contributed by atoms with Crippen LogP contribution in [0.5, 0.6) is 5.75 Å². The van der Waals surface area contributed by atoms with E-state index in [0.717, 1.165) is 19.5 Å². The molecule has 6 nitrogen and oxygen atoms in total. The Labute approximate surface area is 155 Å². The molecule has 1 atom stereocenters. The number of likely N-dealkylation sites (tertiary alicyclic amines) is 1. The van der Waals surface area contributed by atoms with Gasteiger partial charge in [-0.1, -0.05) is 0 Å². The van der Waals surface area contributed by atoms with Crippen LogP contribution in [0.2, 0.25) is 0 Å². The first-order valence-corrected chi connectivity index (χ1v) is 9.36. The highest BCUT2D eigenvalue weighted by atomic mass is 32.1. The first-order chi connectivity index (χ1) is 12.5. The molecule has 2 aromatic rings. The number of aliphatic hydroxyl groups is 1. The minimum atomic E-state index is -0.315. The third-order valence-electron chi connectivity index (χ3n) is 4.18. The van der Waals surface area contributed by atoms with Crippen LogP contribution in [0.25, 0.3) is 0 Å². The maximum absolute atomic E-state index is 12.9. The van der Waals surface area contributed by atoms with E-state index in [4.69, 9.17) is 4.74 Å². The fraction of sp³-hybridized carbons (Fsp3) is 0.444. The fourth-order valence-corrected chi connectivity index (χ4v) is 3.72. The molecule has 0 spiro atoms. The number of ether oxygens (including phenoxy) is 1. The van der Waals surface area contributed by atoms with Gasteiger partial charge in [-0.3, -0.25) is 9.69 Å². The maximum atomic E-state index is 12.9. The largest absolute Gasteiger partial charge is 0.486 e. The van der Waals surface area contributed by atoms with Crippen LogP contribution in [0.3, 0.4) is 0 Å². The predicted octanol–water partition coefficient (Wildman–Crippen LogP) is 1.97. The molecule has 0 saturated carbocycles. The van der Waals surface area contributed by atoms with Gasteiger partial charge in [0.1, 0.15) is 28.1 Å². The van der Waals surface area contributed by atoms with E-state index < -0.39 is 0 Å². The van der Waals surface area contributed by atoms with Crippen molar-refractivity contribution in [1.29, 1.82) is 0 Å². The van der Waals surface area contributed by atoms with Crippen LogP contribution in [-0.4, -0.2) is 53.2 Å².